The van der Waals surface area contributed by atoms with Gasteiger partial charge in [0.2, 0.25) is 5.91 Å². The molecular weight excluding hydrogens is 308 g/mol. The van der Waals surface area contributed by atoms with Gasteiger partial charge in [-0.1, -0.05) is 0 Å². The Bertz CT molecular complexity index is 673. The minimum atomic E-state index is 0.0460. The van der Waals surface area contributed by atoms with E-state index in [2.05, 4.69) is 20.2 Å². The summed E-state index contributed by atoms with van der Waals surface area (Å²) in [4.78, 5) is 16.5. The van der Waals surface area contributed by atoms with Gasteiger partial charge in [-0.05, 0) is 24.6 Å². The monoisotopic (exact) mass is 328 g/mol. The molecule has 1 amide bonds. The zero-order valence-corrected chi connectivity index (χ0v) is 13.4. The number of ether oxygens (including phenoxy) is 1. The first kappa shape index (κ1) is 15.1. The molecule has 8 heteroatoms. The molecule has 2 fully saturated rings. The number of rotatable bonds is 3. The highest BCUT2D eigenvalue weighted by Crippen LogP contribution is 2.19. The molecule has 0 N–H and O–H groups in total. The Morgan fingerprint density at radius 2 is 1.92 bits per heavy atom. The molecular formula is C16H20N6O2. The van der Waals surface area contributed by atoms with E-state index in [9.17, 15) is 4.79 Å². The predicted octanol–water partition coefficient (Wildman–Crippen LogP) is 0.347. The van der Waals surface area contributed by atoms with Crippen LogP contribution in [0.5, 0.6) is 0 Å². The van der Waals surface area contributed by atoms with E-state index < -0.39 is 0 Å². The van der Waals surface area contributed by atoms with E-state index in [0.717, 1.165) is 38.4 Å². The fourth-order valence-corrected chi connectivity index (χ4v) is 3.16. The average Bonchev–Trinajstić information content (AvgIpc) is 3.35. The van der Waals surface area contributed by atoms with Crippen LogP contribution in [0.2, 0.25) is 0 Å². The molecule has 2 aliphatic heterocycles. The Morgan fingerprint density at radius 1 is 1.12 bits per heavy atom. The summed E-state index contributed by atoms with van der Waals surface area (Å²) in [5, 5.41) is 12.7. The molecule has 24 heavy (non-hydrogen) atoms. The third kappa shape index (κ3) is 2.96. The Labute approximate surface area is 140 Å². The van der Waals surface area contributed by atoms with Crippen LogP contribution in [0.25, 0.3) is 5.82 Å². The minimum Gasteiger partial charge on any atom is -0.381 e. The maximum atomic E-state index is 12.4. The summed E-state index contributed by atoms with van der Waals surface area (Å²) < 4.78 is 7.00. The van der Waals surface area contributed by atoms with Gasteiger partial charge in [0.15, 0.2) is 11.6 Å². The van der Waals surface area contributed by atoms with Gasteiger partial charge in [0.25, 0.3) is 0 Å². The minimum absolute atomic E-state index is 0.0460. The number of amides is 1. The van der Waals surface area contributed by atoms with Gasteiger partial charge in [0, 0.05) is 45.2 Å². The second-order valence-electron chi connectivity index (χ2n) is 6.07. The van der Waals surface area contributed by atoms with Crippen LogP contribution in [-0.4, -0.2) is 70.2 Å². The van der Waals surface area contributed by atoms with E-state index in [-0.39, 0.29) is 11.8 Å². The fraction of sp³-hybridized carbons (Fsp3) is 0.500. The van der Waals surface area contributed by atoms with Gasteiger partial charge in [-0.3, -0.25) is 4.79 Å². The quantitative estimate of drug-likeness (QED) is 0.809. The summed E-state index contributed by atoms with van der Waals surface area (Å²) in [5.41, 5.74) is 0. The summed E-state index contributed by atoms with van der Waals surface area (Å²) in [6.07, 6.45) is 4.39. The topological polar surface area (TPSA) is 76.4 Å². The van der Waals surface area contributed by atoms with Crippen LogP contribution in [0.1, 0.15) is 6.42 Å². The standard InChI is InChI=1S/C16H20N6O2/c23-16(13-4-11-24-12-13)21-9-7-20(8-10-21)14-2-3-15(19-18-14)22-6-1-5-17-22/h1-3,5-6,13H,4,7-12H2. The normalized spacial score (nSPS) is 21.2. The van der Waals surface area contributed by atoms with Gasteiger partial charge in [-0.15, -0.1) is 10.2 Å². The van der Waals surface area contributed by atoms with Gasteiger partial charge >= 0.3 is 0 Å². The van der Waals surface area contributed by atoms with E-state index in [1.807, 2.05) is 29.3 Å². The number of hydrogen-bond acceptors (Lipinski definition) is 6. The summed E-state index contributed by atoms with van der Waals surface area (Å²) in [5.74, 6) is 1.80. The number of nitrogens with zero attached hydrogens (tertiary/aromatic N) is 6. The Hall–Kier alpha value is -2.48. The van der Waals surface area contributed by atoms with Crippen LogP contribution >= 0.6 is 0 Å². The van der Waals surface area contributed by atoms with Crippen LogP contribution in [0.15, 0.2) is 30.6 Å². The number of carbonyl (C=O) groups is 1. The zero-order valence-electron chi connectivity index (χ0n) is 13.4. The van der Waals surface area contributed by atoms with Crippen molar-refractivity contribution < 1.29 is 9.53 Å². The van der Waals surface area contributed by atoms with Gasteiger partial charge in [0.1, 0.15) is 0 Å². The Kier molecular flexibility index (Phi) is 4.12. The molecule has 0 bridgehead atoms. The van der Waals surface area contributed by atoms with Crippen molar-refractivity contribution in [1.29, 1.82) is 0 Å². The van der Waals surface area contributed by atoms with Crippen molar-refractivity contribution in [3.05, 3.63) is 30.6 Å². The van der Waals surface area contributed by atoms with E-state index >= 15 is 0 Å². The first-order valence-corrected chi connectivity index (χ1v) is 8.26. The number of hydrogen-bond donors (Lipinski definition) is 0. The maximum Gasteiger partial charge on any atom is 0.228 e. The van der Waals surface area contributed by atoms with E-state index in [0.29, 0.717) is 19.0 Å². The van der Waals surface area contributed by atoms with E-state index in [4.69, 9.17) is 4.74 Å². The lowest BCUT2D eigenvalue weighted by molar-refractivity contribution is -0.135. The van der Waals surface area contributed by atoms with Crippen molar-refractivity contribution in [3.63, 3.8) is 0 Å². The summed E-state index contributed by atoms with van der Waals surface area (Å²) in [6.45, 7) is 4.26. The van der Waals surface area contributed by atoms with Crippen LogP contribution in [0, 0.1) is 5.92 Å². The average molecular weight is 328 g/mol. The first-order chi connectivity index (χ1) is 11.8. The van der Waals surface area contributed by atoms with Crippen molar-refractivity contribution in [1.82, 2.24) is 24.9 Å². The van der Waals surface area contributed by atoms with Crippen LogP contribution < -0.4 is 4.90 Å². The van der Waals surface area contributed by atoms with Crippen molar-refractivity contribution in [2.24, 2.45) is 5.92 Å². The smallest absolute Gasteiger partial charge is 0.228 e. The molecule has 2 aromatic rings. The summed E-state index contributed by atoms with van der Waals surface area (Å²) in [6, 6.07) is 5.70. The number of piperazine rings is 1. The highest BCUT2D eigenvalue weighted by molar-refractivity contribution is 5.79. The van der Waals surface area contributed by atoms with Crippen molar-refractivity contribution in [2.75, 3.05) is 44.3 Å². The van der Waals surface area contributed by atoms with Crippen LogP contribution in [0.3, 0.4) is 0 Å². The van der Waals surface area contributed by atoms with E-state index in [1.165, 1.54) is 0 Å². The molecule has 2 saturated heterocycles. The lowest BCUT2D eigenvalue weighted by Crippen LogP contribution is -2.50. The van der Waals surface area contributed by atoms with Gasteiger partial charge in [0.05, 0.1) is 12.5 Å². The van der Waals surface area contributed by atoms with E-state index in [1.54, 1.807) is 10.9 Å². The van der Waals surface area contributed by atoms with Gasteiger partial charge in [-0.25, -0.2) is 4.68 Å². The molecule has 0 radical (unpaired) electrons. The molecule has 2 aliphatic rings. The second-order valence-corrected chi connectivity index (χ2v) is 6.07. The van der Waals surface area contributed by atoms with Crippen molar-refractivity contribution in [2.45, 2.75) is 6.42 Å². The zero-order chi connectivity index (χ0) is 16.4. The number of aromatic nitrogens is 4. The Morgan fingerprint density at radius 3 is 2.54 bits per heavy atom. The third-order valence-corrected chi connectivity index (χ3v) is 4.57. The van der Waals surface area contributed by atoms with Crippen LogP contribution in [-0.2, 0) is 9.53 Å². The number of anilines is 1. The van der Waals surface area contributed by atoms with Crippen LogP contribution in [0.4, 0.5) is 5.82 Å². The summed E-state index contributed by atoms with van der Waals surface area (Å²) in [7, 11) is 0. The SMILES string of the molecule is O=C(C1CCOC1)N1CCN(c2ccc(-n3cccn3)nn2)CC1. The van der Waals surface area contributed by atoms with Crippen molar-refractivity contribution in [3.8, 4) is 5.82 Å². The van der Waals surface area contributed by atoms with Crippen molar-refractivity contribution >= 4 is 11.7 Å². The Balaban J connectivity index is 1.36. The molecule has 1 atom stereocenters. The highest BCUT2D eigenvalue weighted by Gasteiger charge is 2.30. The molecule has 0 aromatic carbocycles. The molecule has 0 aliphatic carbocycles. The maximum absolute atomic E-state index is 12.4. The molecule has 126 valence electrons. The molecule has 4 heterocycles. The van der Waals surface area contributed by atoms with Gasteiger partial charge in [-0.2, -0.15) is 5.10 Å². The molecule has 2 aromatic heterocycles. The lowest BCUT2D eigenvalue weighted by atomic mass is 10.1. The largest absolute Gasteiger partial charge is 0.381 e. The predicted molar refractivity (Wildman–Crippen MR) is 86.9 cm³/mol. The first-order valence-electron chi connectivity index (χ1n) is 8.26. The fourth-order valence-electron chi connectivity index (χ4n) is 3.16. The molecule has 4 rings (SSSR count). The summed E-state index contributed by atoms with van der Waals surface area (Å²) >= 11 is 0. The second kappa shape index (κ2) is 6.56. The lowest BCUT2D eigenvalue weighted by Gasteiger charge is -2.36. The molecule has 0 spiro atoms. The highest BCUT2D eigenvalue weighted by atomic mass is 16.5. The molecule has 1 unspecified atom stereocenters. The molecule has 0 saturated carbocycles. The number of carbonyl (C=O) groups excluding carboxylic acids is 1. The third-order valence-electron chi connectivity index (χ3n) is 4.57. The van der Waals surface area contributed by atoms with Gasteiger partial charge < -0.3 is 14.5 Å². The molecule has 8 nitrogen and oxygen atoms in total.